The van der Waals surface area contributed by atoms with Gasteiger partial charge in [-0.2, -0.15) is 0 Å². The van der Waals surface area contributed by atoms with Crippen LogP contribution < -0.4 is 15.2 Å². The number of benzene rings is 1. The van der Waals surface area contributed by atoms with Gasteiger partial charge in [-0.1, -0.05) is 13.8 Å². The monoisotopic (exact) mass is 381 g/mol. The van der Waals surface area contributed by atoms with E-state index >= 15 is 0 Å². The normalized spacial score (nSPS) is 13.5. The van der Waals surface area contributed by atoms with Gasteiger partial charge < -0.3 is 20.3 Å². The highest BCUT2D eigenvalue weighted by atomic mass is 79.9. The topological polar surface area (TPSA) is 64.7 Å². The largest absolute Gasteiger partial charge is 0.495 e. The van der Waals surface area contributed by atoms with Gasteiger partial charge in [0.1, 0.15) is 16.0 Å². The molecule has 21 heavy (non-hydrogen) atoms. The summed E-state index contributed by atoms with van der Waals surface area (Å²) in [7, 11) is 3.17. The fourth-order valence-corrected chi connectivity index (χ4v) is 2.54. The third kappa shape index (κ3) is 5.66. The lowest BCUT2D eigenvalue weighted by Gasteiger charge is -2.21. The van der Waals surface area contributed by atoms with Gasteiger partial charge >= 0.3 is 0 Å². The molecule has 0 unspecified atom stereocenters. The minimum absolute atomic E-state index is 0. The zero-order valence-electron chi connectivity index (χ0n) is 12.9. The Balaban J connectivity index is 0.00000400. The Morgan fingerprint density at radius 3 is 2.00 bits per heavy atom. The quantitative estimate of drug-likeness (QED) is 0.755. The first kappa shape index (κ1) is 20.5. The van der Waals surface area contributed by atoms with Gasteiger partial charge in [-0.05, 0) is 52.4 Å². The van der Waals surface area contributed by atoms with Crippen LogP contribution in [-0.4, -0.2) is 25.4 Å². The van der Waals surface area contributed by atoms with Crippen molar-refractivity contribution in [3.63, 3.8) is 0 Å². The van der Waals surface area contributed by atoms with Gasteiger partial charge in [0.05, 0.1) is 26.4 Å². The van der Waals surface area contributed by atoms with Crippen LogP contribution in [0.3, 0.4) is 0 Å². The minimum Gasteiger partial charge on any atom is -0.495 e. The molecule has 122 valence electrons. The van der Waals surface area contributed by atoms with Crippen LogP contribution in [0, 0.1) is 5.92 Å². The third-order valence-electron chi connectivity index (χ3n) is 3.31. The number of aliphatic hydroxyl groups excluding tert-OH is 1. The Kier molecular flexibility index (Phi) is 9.29. The van der Waals surface area contributed by atoms with E-state index in [-0.39, 0.29) is 12.4 Å². The minimum atomic E-state index is -0.576. The van der Waals surface area contributed by atoms with E-state index in [1.807, 2.05) is 12.1 Å². The van der Waals surface area contributed by atoms with E-state index in [0.717, 1.165) is 16.5 Å². The Morgan fingerprint density at radius 2 is 1.62 bits per heavy atom. The molecule has 0 bridgehead atoms. The highest BCUT2D eigenvalue weighted by Gasteiger charge is 2.20. The molecule has 0 fully saturated rings. The van der Waals surface area contributed by atoms with E-state index in [1.165, 1.54) is 0 Å². The number of nitrogens with two attached hydrogens (primary N) is 1. The second-order valence-electron chi connectivity index (χ2n) is 5.30. The van der Waals surface area contributed by atoms with E-state index in [9.17, 15) is 5.11 Å². The van der Waals surface area contributed by atoms with Crippen LogP contribution in [0.2, 0.25) is 0 Å². The lowest BCUT2D eigenvalue weighted by Crippen LogP contribution is -2.26. The van der Waals surface area contributed by atoms with Crippen LogP contribution in [-0.2, 0) is 0 Å². The molecule has 0 amide bonds. The first-order valence-corrected chi connectivity index (χ1v) is 7.55. The van der Waals surface area contributed by atoms with Crippen LogP contribution in [0.5, 0.6) is 11.5 Å². The zero-order valence-corrected chi connectivity index (χ0v) is 15.3. The van der Waals surface area contributed by atoms with Crippen LogP contribution in [0.1, 0.15) is 38.3 Å². The Hall–Kier alpha value is -0.490. The highest BCUT2D eigenvalue weighted by Crippen LogP contribution is 2.37. The van der Waals surface area contributed by atoms with Gasteiger partial charge in [-0.3, -0.25) is 0 Å². The van der Waals surface area contributed by atoms with E-state index in [0.29, 0.717) is 23.8 Å². The molecule has 4 nitrogen and oxygen atoms in total. The van der Waals surface area contributed by atoms with Crippen molar-refractivity contribution in [1.29, 1.82) is 0 Å². The molecule has 0 aromatic heterocycles. The summed E-state index contributed by atoms with van der Waals surface area (Å²) in [5.74, 6) is 1.84. The van der Waals surface area contributed by atoms with E-state index in [4.69, 9.17) is 15.2 Å². The maximum absolute atomic E-state index is 10.2. The molecule has 1 rings (SSSR count). The first-order chi connectivity index (χ1) is 9.40. The van der Waals surface area contributed by atoms with Crippen LogP contribution in [0.25, 0.3) is 0 Å². The summed E-state index contributed by atoms with van der Waals surface area (Å²) in [5.41, 5.74) is 6.95. The predicted molar refractivity (Wildman–Crippen MR) is 91.5 cm³/mol. The smallest absolute Gasteiger partial charge is 0.137 e. The molecular formula is C15H25BrClNO3. The van der Waals surface area contributed by atoms with Crippen molar-refractivity contribution >= 4 is 28.3 Å². The average molecular weight is 383 g/mol. The Labute approximate surface area is 141 Å². The van der Waals surface area contributed by atoms with Gasteiger partial charge in [0.25, 0.3) is 0 Å². The van der Waals surface area contributed by atoms with Crippen molar-refractivity contribution in [3.05, 3.63) is 22.2 Å². The second-order valence-corrected chi connectivity index (χ2v) is 6.10. The number of methoxy groups -OCH3 is 2. The summed E-state index contributed by atoms with van der Waals surface area (Å²) in [6, 6.07) is 3.20. The number of hydrogen-bond donors (Lipinski definition) is 2. The molecule has 0 saturated heterocycles. The fraction of sp³-hybridized carbons (Fsp3) is 0.600. The summed E-state index contributed by atoms with van der Waals surface area (Å²) < 4.78 is 11.3. The SMILES string of the molecule is COc1cc([C@@H](N)[C@@H](O)CCC(C)C)cc(OC)c1Br.Cl. The molecule has 0 aliphatic rings. The van der Waals surface area contributed by atoms with Gasteiger partial charge in [-0.25, -0.2) is 0 Å². The molecule has 1 aromatic carbocycles. The Bertz CT molecular complexity index is 418. The van der Waals surface area contributed by atoms with Gasteiger partial charge in [0, 0.05) is 0 Å². The average Bonchev–Trinajstić information content (AvgIpc) is 2.44. The van der Waals surface area contributed by atoms with Gasteiger partial charge in [0.2, 0.25) is 0 Å². The third-order valence-corrected chi connectivity index (χ3v) is 4.09. The fourth-order valence-electron chi connectivity index (χ4n) is 1.99. The highest BCUT2D eigenvalue weighted by molar-refractivity contribution is 9.10. The number of hydrogen-bond acceptors (Lipinski definition) is 4. The predicted octanol–water partition coefficient (Wildman–Crippen LogP) is 3.69. The molecular weight excluding hydrogens is 358 g/mol. The summed E-state index contributed by atoms with van der Waals surface area (Å²) in [5, 5.41) is 10.2. The summed E-state index contributed by atoms with van der Waals surface area (Å²) in [6.07, 6.45) is 1.05. The maximum Gasteiger partial charge on any atom is 0.137 e. The summed E-state index contributed by atoms with van der Waals surface area (Å²) in [6.45, 7) is 4.26. The first-order valence-electron chi connectivity index (χ1n) is 6.75. The van der Waals surface area contributed by atoms with Crippen LogP contribution >= 0.6 is 28.3 Å². The molecule has 0 saturated carbocycles. The Morgan fingerprint density at radius 1 is 1.14 bits per heavy atom. The molecule has 1 aromatic rings. The van der Waals surface area contributed by atoms with Crippen LogP contribution in [0.4, 0.5) is 0 Å². The van der Waals surface area contributed by atoms with Crippen molar-refractivity contribution in [3.8, 4) is 11.5 Å². The molecule has 3 N–H and O–H groups in total. The van der Waals surface area contributed by atoms with E-state index in [1.54, 1.807) is 14.2 Å². The lowest BCUT2D eigenvalue weighted by atomic mass is 9.96. The van der Waals surface area contributed by atoms with Crippen molar-refractivity contribution in [2.75, 3.05) is 14.2 Å². The molecule has 2 atom stereocenters. The standard InChI is InChI=1S/C15H24BrNO3.ClH/c1-9(2)5-6-11(18)15(17)10-7-12(19-3)14(16)13(8-10)20-4;/h7-9,11,15,18H,5-6,17H2,1-4H3;1H/t11-,15+;/m0./s1. The molecule has 0 heterocycles. The number of halogens is 2. The maximum atomic E-state index is 10.2. The van der Waals surface area contributed by atoms with Crippen molar-refractivity contribution < 1.29 is 14.6 Å². The van der Waals surface area contributed by atoms with E-state index < -0.39 is 12.1 Å². The second kappa shape index (κ2) is 9.51. The number of aliphatic hydroxyl groups is 1. The van der Waals surface area contributed by atoms with Crippen LogP contribution in [0.15, 0.2) is 16.6 Å². The van der Waals surface area contributed by atoms with Gasteiger partial charge in [0.15, 0.2) is 0 Å². The van der Waals surface area contributed by atoms with Crippen molar-refractivity contribution in [2.45, 2.75) is 38.8 Å². The summed E-state index contributed by atoms with van der Waals surface area (Å²) in [4.78, 5) is 0. The summed E-state index contributed by atoms with van der Waals surface area (Å²) >= 11 is 3.42. The lowest BCUT2D eigenvalue weighted by molar-refractivity contribution is 0.128. The van der Waals surface area contributed by atoms with E-state index in [2.05, 4.69) is 29.8 Å². The number of rotatable bonds is 7. The van der Waals surface area contributed by atoms with Crippen molar-refractivity contribution in [1.82, 2.24) is 0 Å². The molecule has 0 radical (unpaired) electrons. The van der Waals surface area contributed by atoms with Crippen molar-refractivity contribution in [2.24, 2.45) is 11.7 Å². The molecule has 0 spiro atoms. The molecule has 0 aliphatic carbocycles. The molecule has 0 aliphatic heterocycles. The number of ether oxygens (including phenoxy) is 2. The zero-order chi connectivity index (χ0) is 15.3. The molecule has 6 heteroatoms. The van der Waals surface area contributed by atoms with Gasteiger partial charge in [-0.15, -0.1) is 12.4 Å².